The highest BCUT2D eigenvalue weighted by Gasteiger charge is 2.04. The van der Waals surface area contributed by atoms with Gasteiger partial charge in [0.2, 0.25) is 11.8 Å². The van der Waals surface area contributed by atoms with Gasteiger partial charge >= 0.3 is 0 Å². The molecule has 1 N–H and O–H groups in total. The van der Waals surface area contributed by atoms with Gasteiger partial charge in [0, 0.05) is 25.2 Å². The first kappa shape index (κ1) is 18.5. The van der Waals surface area contributed by atoms with Crippen LogP contribution in [-0.4, -0.2) is 18.0 Å². The molecule has 0 unspecified atom stereocenters. The Morgan fingerprint density at radius 2 is 1.81 bits per heavy atom. The van der Waals surface area contributed by atoms with Gasteiger partial charge in [-0.2, -0.15) is 0 Å². The molecule has 138 valence electrons. The van der Waals surface area contributed by atoms with Crippen LogP contribution in [0.4, 0.5) is 0 Å². The highest BCUT2D eigenvalue weighted by molar-refractivity contribution is 5.76. The lowest BCUT2D eigenvalue weighted by Crippen LogP contribution is -2.22. The summed E-state index contributed by atoms with van der Waals surface area (Å²) in [5.41, 5.74) is 2.08. The van der Waals surface area contributed by atoms with Gasteiger partial charge in [-0.3, -0.25) is 4.79 Å². The zero-order chi connectivity index (χ0) is 18.9. The Kier molecular flexibility index (Phi) is 6.41. The second kappa shape index (κ2) is 9.38. The van der Waals surface area contributed by atoms with Gasteiger partial charge in [0.1, 0.15) is 11.5 Å². The lowest BCUT2D eigenvalue weighted by Gasteiger charge is -2.08. The summed E-state index contributed by atoms with van der Waals surface area (Å²) < 4.78 is 10.9. The second-order valence-corrected chi connectivity index (χ2v) is 6.04. The van der Waals surface area contributed by atoms with E-state index in [0.717, 1.165) is 16.9 Å². The van der Waals surface area contributed by atoms with E-state index in [0.29, 0.717) is 31.0 Å². The number of rotatable bonds is 8. The molecular formula is C22H22N2O3. The summed E-state index contributed by atoms with van der Waals surface area (Å²) >= 11 is 0. The number of methoxy groups -OCH3 is 1. The maximum atomic E-state index is 12.1. The smallest absolute Gasteiger partial charge is 0.220 e. The molecule has 0 aliphatic carbocycles. The first-order chi connectivity index (χ1) is 13.2. The van der Waals surface area contributed by atoms with Crippen LogP contribution in [-0.2, 0) is 17.8 Å². The molecule has 0 atom stereocenters. The number of nitrogens with zero attached hydrogens (tertiary/aromatic N) is 1. The number of carbonyl (C=O) groups is 1. The molecule has 0 aliphatic heterocycles. The van der Waals surface area contributed by atoms with E-state index >= 15 is 0 Å². The van der Waals surface area contributed by atoms with Crippen LogP contribution in [0.15, 0.2) is 72.9 Å². The molecule has 5 nitrogen and oxygen atoms in total. The Hall–Kier alpha value is -3.34. The minimum Gasteiger partial charge on any atom is -0.497 e. The predicted octanol–water partition coefficient (Wildman–Crippen LogP) is 4.13. The quantitative estimate of drug-likeness (QED) is 0.654. The van der Waals surface area contributed by atoms with E-state index in [9.17, 15) is 4.79 Å². The topological polar surface area (TPSA) is 60.5 Å². The van der Waals surface area contributed by atoms with Crippen LogP contribution >= 0.6 is 0 Å². The van der Waals surface area contributed by atoms with Crippen LogP contribution in [0.1, 0.15) is 17.5 Å². The molecule has 0 saturated heterocycles. The normalized spacial score (nSPS) is 10.3. The van der Waals surface area contributed by atoms with Crippen LogP contribution in [0.3, 0.4) is 0 Å². The van der Waals surface area contributed by atoms with E-state index in [2.05, 4.69) is 10.3 Å². The van der Waals surface area contributed by atoms with Crippen molar-refractivity contribution in [3.63, 3.8) is 0 Å². The van der Waals surface area contributed by atoms with Crippen LogP contribution in [0.25, 0.3) is 0 Å². The fourth-order valence-corrected chi connectivity index (χ4v) is 2.59. The number of hydrogen-bond donors (Lipinski definition) is 1. The average Bonchev–Trinajstić information content (AvgIpc) is 2.72. The molecule has 1 aromatic heterocycles. The summed E-state index contributed by atoms with van der Waals surface area (Å²) in [6.45, 7) is 0.459. The highest BCUT2D eigenvalue weighted by Crippen LogP contribution is 2.20. The number of ether oxygens (including phenoxy) is 2. The van der Waals surface area contributed by atoms with Crippen molar-refractivity contribution in [1.82, 2.24) is 10.3 Å². The molecule has 0 bridgehead atoms. The number of hydrogen-bond acceptors (Lipinski definition) is 4. The van der Waals surface area contributed by atoms with Gasteiger partial charge in [-0.15, -0.1) is 0 Å². The molecule has 0 spiro atoms. The zero-order valence-corrected chi connectivity index (χ0v) is 15.2. The average molecular weight is 362 g/mol. The van der Waals surface area contributed by atoms with Gasteiger partial charge < -0.3 is 14.8 Å². The second-order valence-electron chi connectivity index (χ2n) is 6.04. The predicted molar refractivity (Wildman–Crippen MR) is 104 cm³/mol. The van der Waals surface area contributed by atoms with E-state index < -0.39 is 0 Å². The van der Waals surface area contributed by atoms with Crippen molar-refractivity contribution in [3.8, 4) is 17.4 Å². The Morgan fingerprint density at radius 1 is 0.963 bits per heavy atom. The molecule has 1 amide bonds. The van der Waals surface area contributed by atoms with Crippen LogP contribution in [0, 0.1) is 0 Å². The van der Waals surface area contributed by atoms with E-state index in [-0.39, 0.29) is 5.91 Å². The minimum absolute atomic E-state index is 0.0156. The van der Waals surface area contributed by atoms with Crippen molar-refractivity contribution in [2.24, 2.45) is 0 Å². The van der Waals surface area contributed by atoms with Crippen molar-refractivity contribution in [2.75, 3.05) is 7.11 Å². The minimum atomic E-state index is 0.0156. The summed E-state index contributed by atoms with van der Waals surface area (Å²) in [5, 5.41) is 2.95. The Balaban J connectivity index is 1.47. The van der Waals surface area contributed by atoms with Crippen molar-refractivity contribution >= 4 is 5.91 Å². The van der Waals surface area contributed by atoms with Crippen LogP contribution < -0.4 is 14.8 Å². The van der Waals surface area contributed by atoms with Gasteiger partial charge in [0.15, 0.2) is 0 Å². The van der Waals surface area contributed by atoms with E-state index in [1.807, 2.05) is 60.7 Å². The molecule has 1 heterocycles. The number of amides is 1. The van der Waals surface area contributed by atoms with E-state index in [1.165, 1.54) is 0 Å². The SMILES string of the molecule is COc1ccc(CCC(=O)NCc2cccc(Oc3ccccn3)c2)cc1. The van der Waals surface area contributed by atoms with E-state index in [1.54, 1.807) is 19.4 Å². The van der Waals surface area contributed by atoms with Crippen molar-refractivity contribution in [1.29, 1.82) is 0 Å². The Labute approximate surface area is 159 Å². The van der Waals surface area contributed by atoms with Crippen LogP contribution in [0.5, 0.6) is 17.4 Å². The molecule has 0 saturated carbocycles. The maximum Gasteiger partial charge on any atom is 0.220 e. The molecule has 0 aliphatic rings. The third-order valence-electron chi connectivity index (χ3n) is 4.05. The number of aryl methyl sites for hydroxylation is 1. The fraction of sp³-hybridized carbons (Fsp3) is 0.182. The number of benzene rings is 2. The summed E-state index contributed by atoms with van der Waals surface area (Å²) in [5.74, 6) is 2.06. The number of carbonyl (C=O) groups excluding carboxylic acids is 1. The zero-order valence-electron chi connectivity index (χ0n) is 15.2. The molecular weight excluding hydrogens is 340 g/mol. The van der Waals surface area contributed by atoms with Gasteiger partial charge in [0.05, 0.1) is 7.11 Å². The largest absolute Gasteiger partial charge is 0.497 e. The first-order valence-electron chi connectivity index (χ1n) is 8.80. The standard InChI is InChI=1S/C22H22N2O3/c1-26-19-11-8-17(9-12-19)10-13-21(25)24-16-18-5-4-6-20(15-18)27-22-7-2-3-14-23-22/h2-9,11-12,14-15H,10,13,16H2,1H3,(H,24,25). The maximum absolute atomic E-state index is 12.1. The monoisotopic (exact) mass is 362 g/mol. The summed E-state index contributed by atoms with van der Waals surface area (Å²) in [6.07, 6.45) is 2.82. The van der Waals surface area contributed by atoms with Crippen molar-refractivity contribution in [2.45, 2.75) is 19.4 Å². The molecule has 27 heavy (non-hydrogen) atoms. The lowest BCUT2D eigenvalue weighted by molar-refractivity contribution is -0.121. The molecule has 0 radical (unpaired) electrons. The molecule has 3 aromatic rings. The molecule has 2 aromatic carbocycles. The van der Waals surface area contributed by atoms with Gasteiger partial charge in [0.25, 0.3) is 0 Å². The number of nitrogens with one attached hydrogen (secondary N) is 1. The van der Waals surface area contributed by atoms with Gasteiger partial charge in [-0.05, 0) is 47.9 Å². The van der Waals surface area contributed by atoms with E-state index in [4.69, 9.17) is 9.47 Å². The number of pyridine rings is 1. The summed E-state index contributed by atoms with van der Waals surface area (Å²) in [6, 6.07) is 20.9. The third kappa shape index (κ3) is 5.85. The van der Waals surface area contributed by atoms with Crippen molar-refractivity contribution in [3.05, 3.63) is 84.1 Å². The Bertz CT molecular complexity index is 864. The lowest BCUT2D eigenvalue weighted by atomic mass is 10.1. The van der Waals surface area contributed by atoms with Crippen LogP contribution in [0.2, 0.25) is 0 Å². The molecule has 0 fully saturated rings. The fourth-order valence-electron chi connectivity index (χ4n) is 2.59. The van der Waals surface area contributed by atoms with Crippen molar-refractivity contribution < 1.29 is 14.3 Å². The molecule has 3 rings (SSSR count). The van der Waals surface area contributed by atoms with Gasteiger partial charge in [-0.25, -0.2) is 4.98 Å². The highest BCUT2D eigenvalue weighted by atomic mass is 16.5. The number of aromatic nitrogens is 1. The van der Waals surface area contributed by atoms with Gasteiger partial charge in [-0.1, -0.05) is 30.3 Å². The third-order valence-corrected chi connectivity index (χ3v) is 4.05. The summed E-state index contributed by atoms with van der Waals surface area (Å²) in [4.78, 5) is 16.3. The Morgan fingerprint density at radius 3 is 2.56 bits per heavy atom. The summed E-state index contributed by atoms with van der Waals surface area (Å²) in [7, 11) is 1.64. The first-order valence-corrected chi connectivity index (χ1v) is 8.80. The molecule has 5 heteroatoms.